The third-order valence-electron chi connectivity index (χ3n) is 2.84. The Kier molecular flexibility index (Phi) is 5.01. The molecule has 104 valence electrons. The van der Waals surface area contributed by atoms with Crippen molar-refractivity contribution in [3.05, 3.63) is 64.1 Å². The molecule has 0 aliphatic carbocycles. The van der Waals surface area contributed by atoms with Crippen LogP contribution < -0.4 is 11.1 Å². The van der Waals surface area contributed by atoms with Crippen molar-refractivity contribution in [2.24, 2.45) is 5.73 Å². The molecule has 0 heterocycles. The van der Waals surface area contributed by atoms with Crippen LogP contribution in [0.2, 0.25) is 10.0 Å². The molecule has 0 aliphatic rings. The van der Waals surface area contributed by atoms with Crippen molar-refractivity contribution in [2.75, 3.05) is 5.32 Å². The van der Waals surface area contributed by atoms with Gasteiger partial charge in [0.25, 0.3) is 0 Å². The Morgan fingerprint density at radius 1 is 1.10 bits per heavy atom. The minimum atomic E-state index is -0.646. The molecule has 20 heavy (non-hydrogen) atoms. The van der Waals surface area contributed by atoms with E-state index in [1.54, 1.807) is 18.2 Å². The van der Waals surface area contributed by atoms with Crippen LogP contribution in [0.5, 0.6) is 0 Å². The summed E-state index contributed by atoms with van der Waals surface area (Å²) in [6, 6.07) is 14.0. The van der Waals surface area contributed by atoms with E-state index >= 15 is 0 Å². The summed E-state index contributed by atoms with van der Waals surface area (Å²) in [4.78, 5) is 12.0. The number of halogens is 2. The Balaban J connectivity index is 2.03. The fourth-order valence-electron chi connectivity index (χ4n) is 1.79. The molecular formula is C15H14Cl2N2O. The van der Waals surface area contributed by atoms with Crippen molar-refractivity contribution in [2.45, 2.75) is 12.5 Å². The molecule has 2 aromatic rings. The average molecular weight is 309 g/mol. The summed E-state index contributed by atoms with van der Waals surface area (Å²) >= 11 is 11.9. The molecule has 3 N–H and O–H groups in total. The first-order valence-corrected chi connectivity index (χ1v) is 6.88. The van der Waals surface area contributed by atoms with Crippen molar-refractivity contribution < 1.29 is 4.79 Å². The van der Waals surface area contributed by atoms with Gasteiger partial charge >= 0.3 is 0 Å². The van der Waals surface area contributed by atoms with E-state index in [9.17, 15) is 4.79 Å². The summed E-state index contributed by atoms with van der Waals surface area (Å²) in [7, 11) is 0. The zero-order valence-electron chi connectivity index (χ0n) is 10.6. The van der Waals surface area contributed by atoms with Crippen molar-refractivity contribution in [3.8, 4) is 0 Å². The van der Waals surface area contributed by atoms with E-state index in [1.165, 1.54) is 0 Å². The number of hydrogen-bond acceptors (Lipinski definition) is 2. The second kappa shape index (κ2) is 6.75. The Hall–Kier alpha value is -1.55. The number of benzene rings is 2. The number of anilines is 1. The number of carbonyl (C=O) groups excluding carboxylic acids is 1. The molecule has 1 amide bonds. The molecule has 0 bridgehead atoms. The number of nitrogens with two attached hydrogens (primary N) is 1. The first-order chi connectivity index (χ1) is 9.58. The normalized spacial score (nSPS) is 11.9. The van der Waals surface area contributed by atoms with Gasteiger partial charge in [0.15, 0.2) is 0 Å². The molecule has 0 aliphatic heterocycles. The second-order valence-electron chi connectivity index (χ2n) is 4.39. The fraction of sp³-hybridized carbons (Fsp3) is 0.133. The highest BCUT2D eigenvalue weighted by molar-refractivity contribution is 6.44. The van der Waals surface area contributed by atoms with Gasteiger partial charge in [0.1, 0.15) is 0 Å². The number of carbonyl (C=O) groups is 1. The Bertz CT molecular complexity index is 602. The second-order valence-corrected chi connectivity index (χ2v) is 5.17. The van der Waals surface area contributed by atoms with Crippen LogP contribution in [0.15, 0.2) is 48.5 Å². The molecule has 0 saturated heterocycles. The van der Waals surface area contributed by atoms with Crippen LogP contribution in [0.4, 0.5) is 5.69 Å². The molecule has 0 spiro atoms. The molecule has 1 unspecified atom stereocenters. The lowest BCUT2D eigenvalue weighted by Crippen LogP contribution is -2.37. The minimum absolute atomic E-state index is 0.294. The van der Waals surface area contributed by atoms with Gasteiger partial charge in [0.2, 0.25) is 5.91 Å². The Morgan fingerprint density at radius 3 is 2.50 bits per heavy atom. The van der Waals surface area contributed by atoms with Gasteiger partial charge < -0.3 is 11.1 Å². The van der Waals surface area contributed by atoms with Crippen molar-refractivity contribution in [3.63, 3.8) is 0 Å². The predicted molar refractivity (Wildman–Crippen MR) is 83.2 cm³/mol. The summed E-state index contributed by atoms with van der Waals surface area (Å²) in [5.74, 6) is -0.294. The summed E-state index contributed by atoms with van der Waals surface area (Å²) in [6.07, 6.45) is 0.463. The lowest BCUT2D eigenvalue weighted by atomic mass is 10.1. The van der Waals surface area contributed by atoms with Gasteiger partial charge in [-0.15, -0.1) is 0 Å². The molecule has 5 heteroatoms. The molecule has 2 rings (SSSR count). The highest BCUT2D eigenvalue weighted by Gasteiger charge is 2.16. The van der Waals surface area contributed by atoms with Crippen LogP contribution in [0.3, 0.4) is 0 Å². The zero-order valence-corrected chi connectivity index (χ0v) is 12.2. The van der Waals surface area contributed by atoms with Crippen LogP contribution in [-0.4, -0.2) is 11.9 Å². The lowest BCUT2D eigenvalue weighted by molar-refractivity contribution is -0.117. The number of nitrogens with one attached hydrogen (secondary N) is 1. The molecule has 0 saturated carbocycles. The quantitative estimate of drug-likeness (QED) is 0.908. The third-order valence-corrected chi connectivity index (χ3v) is 3.66. The van der Waals surface area contributed by atoms with E-state index in [2.05, 4.69) is 5.32 Å². The average Bonchev–Trinajstić information content (AvgIpc) is 2.45. The predicted octanol–water partition coefficient (Wildman–Crippen LogP) is 3.50. The van der Waals surface area contributed by atoms with Gasteiger partial charge in [-0.2, -0.15) is 0 Å². The smallest absolute Gasteiger partial charge is 0.241 e. The molecular weight excluding hydrogens is 295 g/mol. The van der Waals surface area contributed by atoms with Crippen molar-refractivity contribution >= 4 is 34.8 Å². The molecule has 0 fully saturated rings. The van der Waals surface area contributed by atoms with E-state index in [-0.39, 0.29) is 5.91 Å². The van der Waals surface area contributed by atoms with Gasteiger partial charge in [-0.3, -0.25) is 4.79 Å². The van der Waals surface area contributed by atoms with Crippen molar-refractivity contribution in [1.82, 2.24) is 0 Å². The van der Waals surface area contributed by atoms with Gasteiger partial charge in [0, 0.05) is 0 Å². The van der Waals surface area contributed by atoms with E-state index in [4.69, 9.17) is 28.9 Å². The standard InChI is InChI=1S/C15H14Cl2N2O/c16-11-7-4-8-13(14(11)17)19-15(20)12(18)9-10-5-2-1-3-6-10/h1-8,12H,9,18H2,(H,19,20). The number of amides is 1. The Morgan fingerprint density at radius 2 is 1.80 bits per heavy atom. The highest BCUT2D eigenvalue weighted by atomic mass is 35.5. The zero-order chi connectivity index (χ0) is 14.5. The van der Waals surface area contributed by atoms with Crippen molar-refractivity contribution in [1.29, 1.82) is 0 Å². The molecule has 1 atom stereocenters. The first-order valence-electron chi connectivity index (χ1n) is 6.12. The minimum Gasteiger partial charge on any atom is -0.323 e. The lowest BCUT2D eigenvalue weighted by Gasteiger charge is -2.13. The largest absolute Gasteiger partial charge is 0.323 e. The topological polar surface area (TPSA) is 55.1 Å². The van der Waals surface area contributed by atoms with Crippen LogP contribution in [0.25, 0.3) is 0 Å². The SMILES string of the molecule is NC(Cc1ccccc1)C(=O)Nc1cccc(Cl)c1Cl. The van der Waals surface area contributed by atoms with Gasteiger partial charge in [-0.1, -0.05) is 59.6 Å². The number of rotatable bonds is 4. The van der Waals surface area contributed by atoms with Crippen LogP contribution in [0.1, 0.15) is 5.56 Å². The fourth-order valence-corrected chi connectivity index (χ4v) is 2.13. The summed E-state index contributed by atoms with van der Waals surface area (Å²) in [5.41, 5.74) is 7.37. The van der Waals surface area contributed by atoms with Gasteiger partial charge in [-0.25, -0.2) is 0 Å². The number of hydrogen-bond donors (Lipinski definition) is 2. The molecule has 3 nitrogen and oxygen atoms in total. The molecule has 2 aromatic carbocycles. The van der Waals surface area contributed by atoms with Gasteiger partial charge in [0.05, 0.1) is 21.8 Å². The maximum absolute atomic E-state index is 12.0. The monoisotopic (exact) mass is 308 g/mol. The maximum Gasteiger partial charge on any atom is 0.241 e. The van der Waals surface area contributed by atoms with Crippen LogP contribution in [0, 0.1) is 0 Å². The van der Waals surface area contributed by atoms with Crippen LogP contribution in [-0.2, 0) is 11.2 Å². The first kappa shape index (κ1) is 14.9. The van der Waals surface area contributed by atoms with E-state index in [0.29, 0.717) is 22.2 Å². The Labute approximate surface area is 127 Å². The molecule has 0 radical (unpaired) electrons. The third kappa shape index (κ3) is 3.73. The van der Waals surface area contributed by atoms with E-state index in [0.717, 1.165) is 5.56 Å². The molecule has 0 aromatic heterocycles. The van der Waals surface area contributed by atoms with E-state index in [1.807, 2.05) is 30.3 Å². The summed E-state index contributed by atoms with van der Waals surface area (Å²) in [6.45, 7) is 0. The van der Waals surface area contributed by atoms with Gasteiger partial charge in [-0.05, 0) is 24.1 Å². The van der Waals surface area contributed by atoms with E-state index < -0.39 is 6.04 Å². The summed E-state index contributed by atoms with van der Waals surface area (Å²) in [5, 5.41) is 3.39. The summed E-state index contributed by atoms with van der Waals surface area (Å²) < 4.78 is 0. The maximum atomic E-state index is 12.0. The van der Waals surface area contributed by atoms with Crippen LogP contribution >= 0.6 is 23.2 Å². The highest BCUT2D eigenvalue weighted by Crippen LogP contribution is 2.29.